The van der Waals surface area contributed by atoms with Gasteiger partial charge in [0.25, 0.3) is 5.91 Å². The van der Waals surface area contributed by atoms with Crippen LogP contribution < -0.4 is 4.90 Å². The minimum absolute atomic E-state index is 0.0115. The van der Waals surface area contributed by atoms with Crippen molar-refractivity contribution in [1.82, 2.24) is 9.88 Å². The van der Waals surface area contributed by atoms with Crippen LogP contribution >= 0.6 is 11.6 Å². The number of pyridine rings is 1. The minimum atomic E-state index is -0.450. The Morgan fingerprint density at radius 1 is 0.963 bits per heavy atom. The van der Waals surface area contributed by atoms with Crippen LogP contribution in [0.2, 0.25) is 5.02 Å². The van der Waals surface area contributed by atoms with Gasteiger partial charge in [0.15, 0.2) is 0 Å². The van der Waals surface area contributed by atoms with Gasteiger partial charge in [-0.05, 0) is 23.1 Å². The molecule has 1 aliphatic rings. The molecular weight excluding hydrogens is 362 g/mol. The van der Waals surface area contributed by atoms with Crippen LogP contribution in [0.4, 0.5) is 5.82 Å². The summed E-state index contributed by atoms with van der Waals surface area (Å²) in [5.41, 5.74) is 1.59. The summed E-state index contributed by atoms with van der Waals surface area (Å²) in [5, 5.41) is 0.593. The van der Waals surface area contributed by atoms with E-state index in [-0.39, 0.29) is 5.41 Å². The number of carbonyl (C=O) groups is 2. The number of ketones is 1. The zero-order chi connectivity index (χ0) is 19.6. The first-order valence-corrected chi connectivity index (χ1v) is 9.44. The number of amides is 1. The molecule has 0 aliphatic carbocycles. The second-order valence-corrected chi connectivity index (χ2v) is 8.21. The summed E-state index contributed by atoms with van der Waals surface area (Å²) in [7, 11) is 0. The lowest BCUT2D eigenvalue weighted by molar-refractivity contribution is -0.126. The monoisotopic (exact) mass is 385 g/mol. The van der Waals surface area contributed by atoms with Crippen molar-refractivity contribution in [3.05, 3.63) is 58.7 Å². The van der Waals surface area contributed by atoms with Gasteiger partial charge in [-0.3, -0.25) is 9.59 Å². The summed E-state index contributed by atoms with van der Waals surface area (Å²) < 4.78 is 0. The van der Waals surface area contributed by atoms with E-state index in [0.29, 0.717) is 36.8 Å². The van der Waals surface area contributed by atoms with Crippen molar-refractivity contribution in [2.24, 2.45) is 0 Å². The third-order valence-corrected chi connectivity index (χ3v) is 5.03. The van der Waals surface area contributed by atoms with Gasteiger partial charge in [0.05, 0.1) is 5.02 Å². The number of carbonyl (C=O) groups excluding carboxylic acids is 2. The summed E-state index contributed by atoms with van der Waals surface area (Å²) in [5.74, 6) is -0.0636. The number of anilines is 1. The van der Waals surface area contributed by atoms with Gasteiger partial charge in [-0.25, -0.2) is 4.98 Å². The van der Waals surface area contributed by atoms with Crippen molar-refractivity contribution >= 4 is 29.1 Å². The first kappa shape index (κ1) is 19.4. The second kappa shape index (κ2) is 7.69. The molecule has 5 nitrogen and oxygen atoms in total. The Kier molecular flexibility index (Phi) is 5.51. The predicted molar refractivity (Wildman–Crippen MR) is 108 cm³/mol. The van der Waals surface area contributed by atoms with Crippen molar-refractivity contribution in [3.8, 4) is 0 Å². The van der Waals surface area contributed by atoms with Crippen molar-refractivity contribution < 1.29 is 9.59 Å². The Bertz CT molecular complexity index is 818. The van der Waals surface area contributed by atoms with Crippen LogP contribution in [-0.4, -0.2) is 47.8 Å². The minimum Gasteiger partial charge on any atom is -0.353 e. The molecule has 0 radical (unpaired) electrons. The Hall–Kier alpha value is -2.40. The van der Waals surface area contributed by atoms with E-state index < -0.39 is 11.7 Å². The molecule has 0 saturated carbocycles. The highest BCUT2D eigenvalue weighted by Gasteiger charge is 2.27. The lowest BCUT2D eigenvalue weighted by Crippen LogP contribution is -2.50. The van der Waals surface area contributed by atoms with E-state index >= 15 is 0 Å². The molecule has 2 heterocycles. The fourth-order valence-electron chi connectivity index (χ4n) is 3.08. The van der Waals surface area contributed by atoms with E-state index in [0.717, 1.165) is 11.4 Å². The molecular formula is C21H24ClN3O2. The highest BCUT2D eigenvalue weighted by atomic mass is 35.5. The molecule has 3 rings (SSSR count). The molecule has 1 aliphatic heterocycles. The summed E-state index contributed by atoms with van der Waals surface area (Å²) in [4.78, 5) is 33.2. The molecule has 0 N–H and O–H groups in total. The van der Waals surface area contributed by atoms with E-state index in [4.69, 9.17) is 11.6 Å². The molecule has 142 valence electrons. The molecule has 1 aromatic carbocycles. The highest BCUT2D eigenvalue weighted by molar-refractivity contribution is 6.42. The fraction of sp³-hybridized carbons (Fsp3) is 0.381. The maximum Gasteiger partial charge on any atom is 0.295 e. The maximum absolute atomic E-state index is 12.6. The Morgan fingerprint density at radius 3 is 2.11 bits per heavy atom. The van der Waals surface area contributed by atoms with Crippen LogP contribution in [0.15, 0.2) is 42.6 Å². The Labute approximate surface area is 164 Å². The number of hydrogen-bond acceptors (Lipinski definition) is 4. The molecule has 0 atom stereocenters. The Morgan fingerprint density at radius 2 is 1.59 bits per heavy atom. The average Bonchev–Trinajstić information content (AvgIpc) is 2.67. The van der Waals surface area contributed by atoms with E-state index in [1.54, 1.807) is 29.3 Å². The topological polar surface area (TPSA) is 53.5 Å². The lowest BCUT2D eigenvalue weighted by atomic mass is 9.86. The SMILES string of the molecule is CC(C)(C)c1ccc(C(=O)C(=O)N2CCN(c3ccc(Cl)cn3)CC2)cc1. The number of nitrogens with zero attached hydrogens (tertiary/aromatic N) is 3. The van der Waals surface area contributed by atoms with Gasteiger partial charge in [-0.2, -0.15) is 0 Å². The number of hydrogen-bond donors (Lipinski definition) is 0. The predicted octanol–water partition coefficient (Wildman–Crippen LogP) is 3.56. The van der Waals surface area contributed by atoms with Crippen LogP contribution in [-0.2, 0) is 10.2 Å². The summed E-state index contributed by atoms with van der Waals surface area (Å²) in [6.07, 6.45) is 1.61. The van der Waals surface area contributed by atoms with Gasteiger partial charge >= 0.3 is 0 Å². The molecule has 1 saturated heterocycles. The molecule has 1 amide bonds. The number of rotatable bonds is 3. The number of benzene rings is 1. The second-order valence-electron chi connectivity index (χ2n) is 7.77. The average molecular weight is 386 g/mol. The summed E-state index contributed by atoms with van der Waals surface area (Å²) >= 11 is 5.87. The largest absolute Gasteiger partial charge is 0.353 e. The molecule has 2 aromatic rings. The zero-order valence-electron chi connectivity index (χ0n) is 15.9. The first-order valence-electron chi connectivity index (χ1n) is 9.06. The third-order valence-electron chi connectivity index (χ3n) is 4.81. The van der Waals surface area contributed by atoms with E-state index in [1.165, 1.54) is 0 Å². The van der Waals surface area contributed by atoms with Crippen LogP contribution in [0.5, 0.6) is 0 Å². The van der Waals surface area contributed by atoms with Gasteiger partial charge in [-0.15, -0.1) is 0 Å². The highest BCUT2D eigenvalue weighted by Crippen LogP contribution is 2.22. The lowest BCUT2D eigenvalue weighted by Gasteiger charge is -2.35. The van der Waals surface area contributed by atoms with Gasteiger partial charge in [-0.1, -0.05) is 56.6 Å². The molecule has 6 heteroatoms. The Balaban J connectivity index is 1.61. The molecule has 0 unspecified atom stereocenters. The van der Waals surface area contributed by atoms with E-state index in [1.807, 2.05) is 18.2 Å². The number of halogens is 1. The van der Waals surface area contributed by atoms with Gasteiger partial charge < -0.3 is 9.80 Å². The summed E-state index contributed by atoms with van der Waals surface area (Å²) in [6, 6.07) is 11.0. The fourth-order valence-corrected chi connectivity index (χ4v) is 3.19. The standard InChI is InChI=1S/C21H24ClN3O2/c1-21(2,3)16-6-4-15(5-7-16)19(26)20(27)25-12-10-24(11-13-25)18-9-8-17(22)14-23-18/h4-9,14H,10-13H2,1-3H3. The first-order chi connectivity index (χ1) is 12.8. The number of piperazine rings is 1. The van der Waals surface area contributed by atoms with Gasteiger partial charge in [0.1, 0.15) is 5.82 Å². The van der Waals surface area contributed by atoms with E-state index in [9.17, 15) is 9.59 Å². The van der Waals surface area contributed by atoms with Crippen molar-refractivity contribution in [1.29, 1.82) is 0 Å². The smallest absolute Gasteiger partial charge is 0.295 e. The number of Topliss-reactive ketones (excluding diaryl/α,β-unsaturated/α-hetero) is 1. The molecule has 1 fully saturated rings. The molecule has 1 aromatic heterocycles. The van der Waals surface area contributed by atoms with Gasteiger partial charge in [0, 0.05) is 37.9 Å². The maximum atomic E-state index is 12.6. The molecule has 27 heavy (non-hydrogen) atoms. The van der Waals surface area contributed by atoms with Crippen LogP contribution in [0, 0.1) is 0 Å². The van der Waals surface area contributed by atoms with Crippen LogP contribution in [0.1, 0.15) is 36.7 Å². The van der Waals surface area contributed by atoms with Crippen LogP contribution in [0.3, 0.4) is 0 Å². The van der Waals surface area contributed by atoms with Crippen LogP contribution in [0.25, 0.3) is 0 Å². The molecule has 0 spiro atoms. The third kappa shape index (κ3) is 4.48. The molecule has 0 bridgehead atoms. The van der Waals surface area contributed by atoms with Crippen molar-refractivity contribution in [2.45, 2.75) is 26.2 Å². The zero-order valence-corrected chi connectivity index (χ0v) is 16.7. The summed E-state index contributed by atoms with van der Waals surface area (Å²) in [6.45, 7) is 8.61. The quantitative estimate of drug-likeness (QED) is 0.598. The van der Waals surface area contributed by atoms with Crippen molar-refractivity contribution in [3.63, 3.8) is 0 Å². The number of aromatic nitrogens is 1. The van der Waals surface area contributed by atoms with E-state index in [2.05, 4.69) is 30.7 Å². The van der Waals surface area contributed by atoms with Crippen molar-refractivity contribution in [2.75, 3.05) is 31.1 Å². The normalized spacial score (nSPS) is 15.0. The van der Waals surface area contributed by atoms with Gasteiger partial charge in [0.2, 0.25) is 5.78 Å².